The minimum absolute atomic E-state index is 0.0668. The maximum absolute atomic E-state index is 13.4. The number of hydrazine groups is 1. The highest BCUT2D eigenvalue weighted by molar-refractivity contribution is 9.10. The van der Waals surface area contributed by atoms with Crippen molar-refractivity contribution in [3.63, 3.8) is 0 Å². The first kappa shape index (κ1) is 15.3. The third-order valence-electron chi connectivity index (χ3n) is 2.27. The first-order chi connectivity index (χ1) is 8.90. The third-order valence-corrected chi connectivity index (χ3v) is 2.88. The zero-order valence-corrected chi connectivity index (χ0v) is 11.4. The van der Waals surface area contributed by atoms with Gasteiger partial charge in [-0.05, 0) is 22.4 Å². The first-order valence-electron chi connectivity index (χ1n) is 5.21. The molecule has 0 aliphatic carbocycles. The Kier molecular flexibility index (Phi) is 5.19. The van der Waals surface area contributed by atoms with E-state index in [9.17, 15) is 19.3 Å². The molecule has 0 radical (unpaired) electrons. The van der Waals surface area contributed by atoms with Gasteiger partial charge >= 0.3 is 5.69 Å². The number of nitro groups is 1. The van der Waals surface area contributed by atoms with E-state index >= 15 is 0 Å². The number of ether oxygens (including phenoxy) is 1. The van der Waals surface area contributed by atoms with Crippen molar-refractivity contribution in [3.8, 4) is 5.75 Å². The number of hydrogen-bond acceptors (Lipinski definition) is 5. The summed E-state index contributed by atoms with van der Waals surface area (Å²) in [5.41, 5.74) is 1.43. The van der Waals surface area contributed by atoms with Gasteiger partial charge in [0.05, 0.1) is 9.40 Å². The molecule has 1 unspecified atom stereocenters. The van der Waals surface area contributed by atoms with Crippen LogP contribution in [0.1, 0.15) is 13.3 Å². The van der Waals surface area contributed by atoms with Crippen LogP contribution in [0.2, 0.25) is 0 Å². The van der Waals surface area contributed by atoms with Gasteiger partial charge in [0.25, 0.3) is 5.91 Å². The van der Waals surface area contributed by atoms with E-state index in [1.165, 1.54) is 0 Å². The second-order valence-corrected chi connectivity index (χ2v) is 4.37. The van der Waals surface area contributed by atoms with Crippen molar-refractivity contribution in [2.24, 2.45) is 5.84 Å². The van der Waals surface area contributed by atoms with Gasteiger partial charge in [-0.15, -0.1) is 0 Å². The summed E-state index contributed by atoms with van der Waals surface area (Å²) in [4.78, 5) is 21.5. The van der Waals surface area contributed by atoms with E-state index in [4.69, 9.17) is 10.6 Å². The van der Waals surface area contributed by atoms with Crippen molar-refractivity contribution in [2.45, 2.75) is 19.4 Å². The summed E-state index contributed by atoms with van der Waals surface area (Å²) in [6.45, 7) is 1.63. The van der Waals surface area contributed by atoms with Gasteiger partial charge in [-0.3, -0.25) is 20.3 Å². The zero-order valence-electron chi connectivity index (χ0n) is 9.85. The topological polar surface area (TPSA) is 107 Å². The monoisotopic (exact) mass is 335 g/mol. The summed E-state index contributed by atoms with van der Waals surface area (Å²) < 4.78 is 18.5. The Morgan fingerprint density at radius 3 is 2.79 bits per heavy atom. The van der Waals surface area contributed by atoms with Gasteiger partial charge in [-0.25, -0.2) is 10.2 Å². The van der Waals surface area contributed by atoms with Crippen LogP contribution in [0.3, 0.4) is 0 Å². The Morgan fingerprint density at radius 1 is 1.68 bits per heavy atom. The first-order valence-corrected chi connectivity index (χ1v) is 6.00. The van der Waals surface area contributed by atoms with Crippen LogP contribution in [0, 0.1) is 15.9 Å². The van der Waals surface area contributed by atoms with Crippen LogP contribution in [0.5, 0.6) is 5.75 Å². The van der Waals surface area contributed by atoms with Crippen LogP contribution in [0.15, 0.2) is 16.6 Å². The second kappa shape index (κ2) is 6.43. The largest absolute Gasteiger partial charge is 0.473 e. The molecular weight excluding hydrogens is 325 g/mol. The summed E-state index contributed by atoms with van der Waals surface area (Å²) in [6, 6.07) is 1.81. The van der Waals surface area contributed by atoms with Gasteiger partial charge in [0.15, 0.2) is 6.10 Å². The van der Waals surface area contributed by atoms with E-state index in [-0.39, 0.29) is 16.6 Å². The second-order valence-electron chi connectivity index (χ2n) is 3.51. The van der Waals surface area contributed by atoms with Crippen LogP contribution in [-0.2, 0) is 4.79 Å². The van der Waals surface area contributed by atoms with Crippen molar-refractivity contribution in [3.05, 3.63) is 32.5 Å². The number of nitro benzene ring substituents is 1. The number of nitrogens with two attached hydrogens (primary N) is 1. The molecule has 9 heteroatoms. The van der Waals surface area contributed by atoms with Crippen LogP contribution < -0.4 is 16.0 Å². The molecule has 1 aromatic carbocycles. The molecule has 0 aromatic heterocycles. The maximum Gasteiger partial charge on any atom is 0.312 e. The lowest BCUT2D eigenvalue weighted by molar-refractivity contribution is -0.386. The molecule has 0 saturated carbocycles. The number of nitrogens with zero attached hydrogens (tertiary/aromatic N) is 1. The number of rotatable bonds is 5. The predicted molar refractivity (Wildman–Crippen MR) is 67.8 cm³/mol. The molecular formula is C10H11BrFN3O4. The van der Waals surface area contributed by atoms with Crippen molar-refractivity contribution in [1.82, 2.24) is 5.43 Å². The average Bonchev–Trinajstić information content (AvgIpc) is 2.38. The molecule has 3 N–H and O–H groups in total. The number of halogens is 2. The van der Waals surface area contributed by atoms with Gasteiger partial charge in [0.1, 0.15) is 5.82 Å². The van der Waals surface area contributed by atoms with Crippen molar-refractivity contribution < 1.29 is 18.8 Å². The van der Waals surface area contributed by atoms with E-state index in [1.54, 1.807) is 6.92 Å². The zero-order chi connectivity index (χ0) is 14.6. The molecule has 0 fully saturated rings. The molecule has 0 aliphatic rings. The van der Waals surface area contributed by atoms with Gasteiger partial charge in [-0.2, -0.15) is 0 Å². The standard InChI is InChI=1S/C10H11BrFN3O4/c1-2-8(10(16)14-13)19-9-4-6(12)5(11)3-7(9)15(17)18/h3-4,8H,2,13H2,1H3,(H,14,16). The smallest absolute Gasteiger partial charge is 0.312 e. The minimum atomic E-state index is -1.04. The Bertz CT molecular complexity index is 512. The summed E-state index contributed by atoms with van der Waals surface area (Å²) in [6.07, 6.45) is -0.818. The highest BCUT2D eigenvalue weighted by Gasteiger charge is 2.24. The Hall–Kier alpha value is -1.74. The fourth-order valence-electron chi connectivity index (χ4n) is 1.32. The van der Waals surface area contributed by atoms with Crippen LogP contribution in [0.25, 0.3) is 0 Å². The quantitative estimate of drug-likeness (QED) is 0.368. The van der Waals surface area contributed by atoms with Crippen molar-refractivity contribution in [2.75, 3.05) is 0 Å². The highest BCUT2D eigenvalue weighted by Crippen LogP contribution is 2.33. The summed E-state index contributed by atoms with van der Waals surface area (Å²) in [5.74, 6) is 3.24. The molecule has 1 rings (SSSR count). The van der Waals surface area contributed by atoms with Crippen LogP contribution in [-0.4, -0.2) is 16.9 Å². The van der Waals surface area contributed by atoms with Crippen molar-refractivity contribution in [1.29, 1.82) is 0 Å². The SMILES string of the molecule is CCC(Oc1cc(F)c(Br)cc1[N+](=O)[O-])C(=O)NN. The number of hydrogen-bond donors (Lipinski definition) is 2. The lowest BCUT2D eigenvalue weighted by atomic mass is 10.2. The maximum atomic E-state index is 13.4. The van der Waals surface area contributed by atoms with E-state index in [2.05, 4.69) is 15.9 Å². The molecule has 1 aromatic rings. The summed E-state index contributed by atoms with van der Waals surface area (Å²) in [5, 5.41) is 10.9. The molecule has 104 valence electrons. The summed E-state index contributed by atoms with van der Waals surface area (Å²) in [7, 11) is 0. The molecule has 0 heterocycles. The highest BCUT2D eigenvalue weighted by atomic mass is 79.9. The number of benzene rings is 1. The number of amides is 1. The third kappa shape index (κ3) is 3.61. The predicted octanol–water partition coefficient (Wildman–Crippen LogP) is 1.64. The van der Waals surface area contributed by atoms with Gasteiger partial charge in [0, 0.05) is 12.1 Å². The van der Waals surface area contributed by atoms with Gasteiger partial charge < -0.3 is 4.74 Å². The fourth-order valence-corrected chi connectivity index (χ4v) is 1.65. The van der Waals surface area contributed by atoms with Crippen LogP contribution in [0.4, 0.5) is 10.1 Å². The van der Waals surface area contributed by atoms with E-state index in [1.807, 2.05) is 5.43 Å². The van der Waals surface area contributed by atoms with E-state index < -0.39 is 28.4 Å². The average molecular weight is 336 g/mol. The molecule has 19 heavy (non-hydrogen) atoms. The number of nitrogens with one attached hydrogen (secondary N) is 1. The normalized spacial score (nSPS) is 11.8. The van der Waals surface area contributed by atoms with E-state index in [0.29, 0.717) is 0 Å². The van der Waals surface area contributed by atoms with Gasteiger partial charge in [-0.1, -0.05) is 6.92 Å². The lowest BCUT2D eigenvalue weighted by Crippen LogP contribution is -2.41. The molecule has 1 amide bonds. The van der Waals surface area contributed by atoms with Crippen molar-refractivity contribution >= 4 is 27.5 Å². The fraction of sp³-hybridized carbons (Fsp3) is 0.300. The Labute approximate surface area is 116 Å². The lowest BCUT2D eigenvalue weighted by Gasteiger charge is -2.15. The number of carbonyl (C=O) groups is 1. The molecule has 0 bridgehead atoms. The summed E-state index contributed by atoms with van der Waals surface area (Å²) >= 11 is 2.84. The minimum Gasteiger partial charge on any atom is -0.473 e. The molecule has 0 spiro atoms. The Balaban J connectivity index is 3.15. The molecule has 7 nitrogen and oxygen atoms in total. The molecule has 0 saturated heterocycles. The Morgan fingerprint density at radius 2 is 2.32 bits per heavy atom. The van der Waals surface area contributed by atoms with Gasteiger partial charge in [0.2, 0.25) is 5.75 Å². The van der Waals surface area contributed by atoms with Crippen LogP contribution >= 0.6 is 15.9 Å². The molecule has 1 atom stereocenters. The van der Waals surface area contributed by atoms with E-state index in [0.717, 1.165) is 12.1 Å². The number of carbonyl (C=O) groups excluding carboxylic acids is 1. The molecule has 0 aliphatic heterocycles.